The lowest BCUT2D eigenvalue weighted by atomic mass is 9.63. The second-order valence-corrected chi connectivity index (χ2v) is 7.64. The molecule has 2 bridgehead atoms. The van der Waals surface area contributed by atoms with Crippen LogP contribution < -0.4 is 5.32 Å². The molecule has 6 rings (SSSR count). The van der Waals surface area contributed by atoms with Crippen molar-refractivity contribution >= 4 is 17.5 Å². The lowest BCUT2D eigenvalue weighted by Gasteiger charge is -2.37. The van der Waals surface area contributed by atoms with E-state index in [1.165, 1.54) is 16.9 Å². The first-order valence-corrected chi connectivity index (χ1v) is 9.05. The molecule has 2 saturated carbocycles. The van der Waals surface area contributed by atoms with Crippen LogP contribution in [0.4, 0.5) is 5.69 Å². The number of imide groups is 1. The average Bonchev–Trinajstić information content (AvgIpc) is 3.39. The molecule has 1 aromatic rings. The second kappa shape index (κ2) is 4.95. The summed E-state index contributed by atoms with van der Waals surface area (Å²) in [6, 6.07) is 8.18. The maximum atomic E-state index is 12.9. The zero-order valence-corrected chi connectivity index (χ0v) is 13.8. The fourth-order valence-corrected chi connectivity index (χ4v) is 5.20. The summed E-state index contributed by atoms with van der Waals surface area (Å²) in [4.78, 5) is 27.2. The first kappa shape index (κ1) is 14.3. The Kier molecular flexibility index (Phi) is 2.94. The van der Waals surface area contributed by atoms with Crippen LogP contribution in [0.5, 0.6) is 0 Å². The number of allylic oxidation sites excluding steroid dienone is 2. The number of nitrogens with one attached hydrogen (secondary N) is 1. The molecule has 6 atom stereocenters. The van der Waals surface area contributed by atoms with E-state index < -0.39 is 0 Å². The maximum absolute atomic E-state index is 12.9. The van der Waals surface area contributed by atoms with Crippen molar-refractivity contribution in [2.75, 3.05) is 12.0 Å². The Morgan fingerprint density at radius 2 is 1.58 bits per heavy atom. The first-order valence-electron chi connectivity index (χ1n) is 9.05. The summed E-state index contributed by atoms with van der Waals surface area (Å²) in [7, 11) is 0. The van der Waals surface area contributed by atoms with Gasteiger partial charge >= 0.3 is 0 Å². The number of aryl methyl sites for hydroxylation is 1. The normalized spacial score (nSPS) is 38.3. The number of likely N-dealkylation sites (tertiary alicyclic amines) is 1. The standard InChI is InChI=1S/C20H22N2O2/c1-2-11-3-5-12(6-4-11)21-10-22-19(23)17-13-7-8-14(16-9-15(13)16)18(17)20(22)24/h3-8,13-18,21H,2,9-10H2,1H3/t13-,14-,15-,16-,17-,18+/m0/s1. The summed E-state index contributed by atoms with van der Waals surface area (Å²) in [5.41, 5.74) is 2.23. The van der Waals surface area contributed by atoms with Crippen molar-refractivity contribution in [3.63, 3.8) is 0 Å². The van der Waals surface area contributed by atoms with E-state index in [1.807, 2.05) is 12.1 Å². The maximum Gasteiger partial charge on any atom is 0.235 e. The largest absolute Gasteiger partial charge is 0.367 e. The van der Waals surface area contributed by atoms with Gasteiger partial charge in [0.2, 0.25) is 11.8 Å². The minimum atomic E-state index is -0.0967. The van der Waals surface area contributed by atoms with Crippen molar-refractivity contribution in [3.05, 3.63) is 42.0 Å². The fraction of sp³-hybridized carbons (Fsp3) is 0.500. The van der Waals surface area contributed by atoms with Crippen molar-refractivity contribution in [1.82, 2.24) is 4.90 Å². The van der Waals surface area contributed by atoms with Gasteiger partial charge in [-0.25, -0.2) is 0 Å². The topological polar surface area (TPSA) is 49.4 Å². The molecular formula is C20H22N2O2. The first-order chi connectivity index (χ1) is 11.7. The lowest BCUT2D eigenvalue weighted by molar-refractivity contribution is -0.139. The molecule has 24 heavy (non-hydrogen) atoms. The monoisotopic (exact) mass is 322 g/mol. The summed E-state index contributed by atoms with van der Waals surface area (Å²) in [5.74, 6) is 1.80. The predicted molar refractivity (Wildman–Crippen MR) is 90.9 cm³/mol. The van der Waals surface area contributed by atoms with E-state index in [0.29, 0.717) is 23.7 Å². The number of carbonyl (C=O) groups is 2. The Hall–Kier alpha value is -2.10. The van der Waals surface area contributed by atoms with Gasteiger partial charge in [0.15, 0.2) is 0 Å². The highest BCUT2D eigenvalue weighted by atomic mass is 16.2. The molecule has 1 saturated heterocycles. The van der Waals surface area contributed by atoms with Gasteiger partial charge in [0, 0.05) is 5.69 Å². The number of rotatable bonds is 4. The van der Waals surface area contributed by atoms with Crippen molar-refractivity contribution in [3.8, 4) is 0 Å². The number of nitrogens with zero attached hydrogens (tertiary/aromatic N) is 1. The van der Waals surface area contributed by atoms with Crippen LogP contribution in [-0.4, -0.2) is 23.4 Å². The molecule has 1 N–H and O–H groups in total. The molecule has 1 aliphatic heterocycles. The minimum absolute atomic E-state index is 0.0346. The molecule has 0 unspecified atom stereocenters. The van der Waals surface area contributed by atoms with Gasteiger partial charge in [-0.15, -0.1) is 0 Å². The van der Waals surface area contributed by atoms with E-state index in [-0.39, 0.29) is 30.3 Å². The lowest BCUT2D eigenvalue weighted by Crippen LogP contribution is -2.40. The molecular weight excluding hydrogens is 300 g/mol. The number of carbonyl (C=O) groups excluding carboxylic acids is 2. The van der Waals surface area contributed by atoms with Crippen LogP contribution in [0.3, 0.4) is 0 Å². The third-order valence-corrected chi connectivity index (χ3v) is 6.56. The summed E-state index contributed by atoms with van der Waals surface area (Å²) < 4.78 is 0. The Labute approximate surface area is 141 Å². The van der Waals surface area contributed by atoms with Crippen LogP contribution in [0.25, 0.3) is 0 Å². The van der Waals surface area contributed by atoms with Gasteiger partial charge in [0.05, 0.1) is 18.5 Å². The predicted octanol–water partition coefficient (Wildman–Crippen LogP) is 2.67. The molecule has 0 aromatic heterocycles. The molecule has 1 aromatic carbocycles. The van der Waals surface area contributed by atoms with Gasteiger partial charge in [-0.05, 0) is 54.2 Å². The highest BCUT2D eigenvalue weighted by Crippen LogP contribution is 2.65. The Morgan fingerprint density at radius 3 is 2.12 bits per heavy atom. The van der Waals surface area contributed by atoms with Gasteiger partial charge in [0.25, 0.3) is 0 Å². The number of benzene rings is 1. The van der Waals surface area contributed by atoms with Crippen molar-refractivity contribution in [1.29, 1.82) is 0 Å². The van der Waals surface area contributed by atoms with Crippen LogP contribution in [0, 0.1) is 35.5 Å². The van der Waals surface area contributed by atoms with E-state index in [9.17, 15) is 9.59 Å². The second-order valence-electron chi connectivity index (χ2n) is 7.64. The third-order valence-electron chi connectivity index (χ3n) is 6.56. The summed E-state index contributed by atoms with van der Waals surface area (Å²) in [5, 5.41) is 3.24. The summed E-state index contributed by atoms with van der Waals surface area (Å²) in [6.07, 6.45) is 6.64. The van der Waals surface area contributed by atoms with Crippen LogP contribution in [-0.2, 0) is 16.0 Å². The molecule has 0 spiro atoms. The quantitative estimate of drug-likeness (QED) is 0.685. The molecule has 4 aliphatic carbocycles. The van der Waals surface area contributed by atoms with E-state index in [2.05, 4.69) is 36.5 Å². The van der Waals surface area contributed by atoms with E-state index >= 15 is 0 Å². The molecule has 0 radical (unpaired) electrons. The summed E-state index contributed by atoms with van der Waals surface area (Å²) >= 11 is 0. The minimum Gasteiger partial charge on any atom is -0.367 e. The van der Waals surface area contributed by atoms with Gasteiger partial charge in [-0.2, -0.15) is 0 Å². The van der Waals surface area contributed by atoms with Crippen LogP contribution >= 0.6 is 0 Å². The van der Waals surface area contributed by atoms with Gasteiger partial charge in [0.1, 0.15) is 0 Å². The zero-order chi connectivity index (χ0) is 16.4. The number of hydrogen-bond acceptors (Lipinski definition) is 3. The van der Waals surface area contributed by atoms with Gasteiger partial charge < -0.3 is 5.32 Å². The fourth-order valence-electron chi connectivity index (χ4n) is 5.20. The van der Waals surface area contributed by atoms with Gasteiger partial charge in [-0.1, -0.05) is 31.2 Å². The van der Waals surface area contributed by atoms with Gasteiger partial charge in [-0.3, -0.25) is 14.5 Å². The molecule has 1 heterocycles. The zero-order valence-electron chi connectivity index (χ0n) is 13.8. The SMILES string of the molecule is CCc1ccc(NCN2C(=O)[C@@H]3[C@H]4C=C[C@@H]([C@@H]5C[C@@H]45)[C@@H]3C2=O)cc1. The van der Waals surface area contributed by atoms with Crippen LogP contribution in [0.15, 0.2) is 36.4 Å². The average molecular weight is 322 g/mol. The Bertz CT molecular complexity index is 703. The Morgan fingerprint density at radius 1 is 1.00 bits per heavy atom. The van der Waals surface area contributed by atoms with Crippen molar-refractivity contribution < 1.29 is 9.59 Å². The molecule has 5 aliphatic rings. The molecule has 124 valence electrons. The van der Waals surface area contributed by atoms with E-state index in [1.54, 1.807) is 0 Å². The highest BCUT2D eigenvalue weighted by molar-refractivity contribution is 6.06. The van der Waals surface area contributed by atoms with Crippen LogP contribution in [0.1, 0.15) is 18.9 Å². The van der Waals surface area contributed by atoms with E-state index in [0.717, 1.165) is 12.1 Å². The molecule has 2 amide bonds. The van der Waals surface area contributed by atoms with Crippen molar-refractivity contribution in [2.24, 2.45) is 35.5 Å². The number of amides is 2. The van der Waals surface area contributed by atoms with E-state index in [4.69, 9.17) is 0 Å². The smallest absolute Gasteiger partial charge is 0.235 e. The van der Waals surface area contributed by atoms with Crippen molar-refractivity contribution in [2.45, 2.75) is 19.8 Å². The molecule has 3 fully saturated rings. The number of anilines is 1. The Balaban J connectivity index is 1.33. The summed E-state index contributed by atoms with van der Waals surface area (Å²) in [6.45, 7) is 2.41. The number of hydrogen-bond donors (Lipinski definition) is 1. The molecule has 4 heteroatoms. The molecule has 4 nitrogen and oxygen atoms in total. The highest BCUT2D eigenvalue weighted by Gasteiger charge is 2.66. The third kappa shape index (κ3) is 1.86. The van der Waals surface area contributed by atoms with Crippen LogP contribution in [0.2, 0.25) is 0 Å².